The van der Waals surface area contributed by atoms with Gasteiger partial charge in [0.2, 0.25) is 0 Å². The minimum absolute atomic E-state index is 0.136. The van der Waals surface area contributed by atoms with Gasteiger partial charge in [-0.1, -0.05) is 24.3 Å². The van der Waals surface area contributed by atoms with Crippen molar-refractivity contribution in [2.24, 2.45) is 0 Å². The van der Waals surface area contributed by atoms with Gasteiger partial charge in [0.15, 0.2) is 0 Å². The van der Waals surface area contributed by atoms with Gasteiger partial charge < -0.3 is 5.32 Å². The summed E-state index contributed by atoms with van der Waals surface area (Å²) in [6, 6.07) is 12.5. The van der Waals surface area contributed by atoms with E-state index in [-0.39, 0.29) is 5.82 Å². The fraction of sp³-hybridized carbons (Fsp3) is 0.333. The normalized spacial score (nSPS) is 14.6. The molecule has 0 heterocycles. The highest BCUT2D eigenvalue weighted by Crippen LogP contribution is 2.29. The molecular weight excluding hydrogens is 249 g/mol. The number of halogens is 1. The molecule has 0 atom stereocenters. The molecule has 20 heavy (non-hydrogen) atoms. The van der Waals surface area contributed by atoms with Crippen LogP contribution in [0.25, 0.3) is 11.1 Å². The van der Waals surface area contributed by atoms with Gasteiger partial charge in [-0.05, 0) is 66.6 Å². The second-order valence-electron chi connectivity index (χ2n) is 5.72. The van der Waals surface area contributed by atoms with Crippen LogP contribution in [0.2, 0.25) is 0 Å². The number of rotatable bonds is 4. The standard InChI is InChI=1S/C18H20FN/c1-12-6-7-14(11-20-15-8-9-15)10-17(12)16-4-3-5-18(19)13(16)2/h3-7,10,15,20H,8-9,11H2,1-2H3. The Labute approximate surface area is 119 Å². The summed E-state index contributed by atoms with van der Waals surface area (Å²) in [6.07, 6.45) is 2.59. The molecule has 0 bridgehead atoms. The topological polar surface area (TPSA) is 12.0 Å². The largest absolute Gasteiger partial charge is 0.310 e. The maximum absolute atomic E-state index is 13.7. The first-order valence-electron chi connectivity index (χ1n) is 7.23. The van der Waals surface area contributed by atoms with Crippen LogP contribution in [-0.4, -0.2) is 6.04 Å². The molecule has 1 nitrogen and oxygen atoms in total. The van der Waals surface area contributed by atoms with Crippen molar-refractivity contribution in [3.8, 4) is 11.1 Å². The maximum Gasteiger partial charge on any atom is 0.126 e. The Hall–Kier alpha value is -1.67. The first-order valence-corrected chi connectivity index (χ1v) is 7.23. The van der Waals surface area contributed by atoms with Crippen molar-refractivity contribution in [1.82, 2.24) is 5.32 Å². The van der Waals surface area contributed by atoms with Crippen LogP contribution in [0.4, 0.5) is 4.39 Å². The number of benzene rings is 2. The van der Waals surface area contributed by atoms with Crippen molar-refractivity contribution in [2.45, 2.75) is 39.3 Å². The Balaban J connectivity index is 1.94. The lowest BCUT2D eigenvalue weighted by Gasteiger charge is -2.12. The second-order valence-corrected chi connectivity index (χ2v) is 5.72. The van der Waals surface area contributed by atoms with Crippen molar-refractivity contribution < 1.29 is 4.39 Å². The van der Waals surface area contributed by atoms with E-state index in [9.17, 15) is 4.39 Å². The zero-order chi connectivity index (χ0) is 14.1. The van der Waals surface area contributed by atoms with Crippen LogP contribution in [0.1, 0.15) is 29.5 Å². The predicted octanol–water partition coefficient (Wildman–Crippen LogP) is 4.36. The van der Waals surface area contributed by atoms with Crippen molar-refractivity contribution in [3.05, 3.63) is 58.9 Å². The number of aryl methyl sites for hydroxylation is 1. The van der Waals surface area contributed by atoms with E-state index in [1.807, 2.05) is 13.0 Å². The maximum atomic E-state index is 13.7. The average Bonchev–Trinajstić information content (AvgIpc) is 3.25. The highest BCUT2D eigenvalue weighted by molar-refractivity contribution is 5.71. The molecule has 0 spiro atoms. The highest BCUT2D eigenvalue weighted by Gasteiger charge is 2.20. The molecule has 3 rings (SSSR count). The molecule has 1 aliphatic carbocycles. The minimum Gasteiger partial charge on any atom is -0.310 e. The summed E-state index contributed by atoms with van der Waals surface area (Å²) >= 11 is 0. The van der Waals surface area contributed by atoms with E-state index in [2.05, 4.69) is 30.4 Å². The molecular formula is C18H20FN. The SMILES string of the molecule is Cc1ccc(CNC2CC2)cc1-c1cccc(F)c1C. The predicted molar refractivity (Wildman–Crippen MR) is 81.2 cm³/mol. The third-order valence-corrected chi connectivity index (χ3v) is 4.03. The summed E-state index contributed by atoms with van der Waals surface area (Å²) < 4.78 is 13.7. The van der Waals surface area contributed by atoms with Crippen molar-refractivity contribution in [3.63, 3.8) is 0 Å². The number of nitrogens with one attached hydrogen (secondary N) is 1. The Bertz CT molecular complexity index is 629. The van der Waals surface area contributed by atoms with E-state index in [0.717, 1.165) is 23.2 Å². The first-order chi connectivity index (χ1) is 9.65. The summed E-state index contributed by atoms with van der Waals surface area (Å²) in [5.41, 5.74) is 5.31. The lowest BCUT2D eigenvalue weighted by atomic mass is 9.94. The molecule has 0 radical (unpaired) electrons. The zero-order valence-electron chi connectivity index (χ0n) is 12.0. The lowest BCUT2D eigenvalue weighted by Crippen LogP contribution is -2.15. The number of hydrogen-bond acceptors (Lipinski definition) is 1. The fourth-order valence-electron chi connectivity index (χ4n) is 2.52. The molecule has 1 fully saturated rings. The van der Waals surface area contributed by atoms with Crippen LogP contribution in [0, 0.1) is 19.7 Å². The third-order valence-electron chi connectivity index (χ3n) is 4.03. The first kappa shape index (κ1) is 13.3. The van der Waals surface area contributed by atoms with Gasteiger partial charge in [0, 0.05) is 12.6 Å². The summed E-state index contributed by atoms with van der Waals surface area (Å²) in [5.74, 6) is -0.136. The molecule has 0 aromatic heterocycles. The summed E-state index contributed by atoms with van der Waals surface area (Å²) in [6.45, 7) is 4.82. The van der Waals surface area contributed by atoms with Crippen molar-refractivity contribution in [1.29, 1.82) is 0 Å². The van der Waals surface area contributed by atoms with Gasteiger partial charge in [0.25, 0.3) is 0 Å². The average molecular weight is 269 g/mol. The summed E-state index contributed by atoms with van der Waals surface area (Å²) in [7, 11) is 0. The monoisotopic (exact) mass is 269 g/mol. The molecule has 0 unspecified atom stereocenters. The molecule has 1 saturated carbocycles. The van der Waals surface area contributed by atoms with E-state index < -0.39 is 0 Å². The Morgan fingerprint density at radius 2 is 1.90 bits per heavy atom. The van der Waals surface area contributed by atoms with Gasteiger partial charge in [-0.3, -0.25) is 0 Å². The minimum atomic E-state index is -0.136. The van der Waals surface area contributed by atoms with E-state index in [4.69, 9.17) is 0 Å². The van der Waals surface area contributed by atoms with Crippen LogP contribution < -0.4 is 5.32 Å². The zero-order valence-corrected chi connectivity index (χ0v) is 12.0. The van der Waals surface area contributed by atoms with Gasteiger partial charge >= 0.3 is 0 Å². The van der Waals surface area contributed by atoms with Gasteiger partial charge in [0.1, 0.15) is 5.82 Å². The molecule has 2 heteroatoms. The van der Waals surface area contributed by atoms with Gasteiger partial charge in [-0.2, -0.15) is 0 Å². The molecule has 0 amide bonds. The van der Waals surface area contributed by atoms with Crippen LogP contribution in [0.5, 0.6) is 0 Å². The van der Waals surface area contributed by atoms with Gasteiger partial charge in [-0.25, -0.2) is 4.39 Å². The van der Waals surface area contributed by atoms with Gasteiger partial charge in [-0.15, -0.1) is 0 Å². The van der Waals surface area contributed by atoms with Gasteiger partial charge in [0.05, 0.1) is 0 Å². The molecule has 1 N–H and O–H groups in total. The van der Waals surface area contributed by atoms with Crippen LogP contribution in [0.3, 0.4) is 0 Å². The van der Waals surface area contributed by atoms with E-state index >= 15 is 0 Å². The Morgan fingerprint density at radius 3 is 2.65 bits per heavy atom. The fourth-order valence-corrected chi connectivity index (χ4v) is 2.52. The second kappa shape index (κ2) is 5.37. The highest BCUT2D eigenvalue weighted by atomic mass is 19.1. The molecule has 0 aliphatic heterocycles. The smallest absolute Gasteiger partial charge is 0.126 e. The molecule has 0 saturated heterocycles. The Kier molecular flexibility index (Phi) is 3.58. The summed E-state index contributed by atoms with van der Waals surface area (Å²) in [4.78, 5) is 0. The quantitative estimate of drug-likeness (QED) is 0.869. The molecule has 104 valence electrons. The van der Waals surface area contributed by atoms with Crippen LogP contribution in [0.15, 0.2) is 36.4 Å². The Morgan fingerprint density at radius 1 is 1.10 bits per heavy atom. The van der Waals surface area contributed by atoms with Crippen molar-refractivity contribution in [2.75, 3.05) is 0 Å². The molecule has 1 aliphatic rings. The molecule has 2 aromatic rings. The summed E-state index contributed by atoms with van der Waals surface area (Å²) in [5, 5.41) is 3.52. The van der Waals surface area contributed by atoms with Crippen LogP contribution >= 0.6 is 0 Å². The number of hydrogen-bond donors (Lipinski definition) is 1. The van der Waals surface area contributed by atoms with E-state index in [1.165, 1.54) is 30.0 Å². The van der Waals surface area contributed by atoms with Crippen LogP contribution in [-0.2, 0) is 6.54 Å². The van der Waals surface area contributed by atoms with E-state index in [1.54, 1.807) is 6.07 Å². The lowest BCUT2D eigenvalue weighted by molar-refractivity contribution is 0.619. The van der Waals surface area contributed by atoms with Crippen molar-refractivity contribution >= 4 is 0 Å². The molecule has 2 aromatic carbocycles. The van der Waals surface area contributed by atoms with E-state index in [0.29, 0.717) is 6.04 Å². The third kappa shape index (κ3) is 2.75.